The Hall–Kier alpha value is -4.15. The molecule has 1 aliphatic heterocycles. The van der Waals surface area contributed by atoms with Crippen molar-refractivity contribution in [3.05, 3.63) is 95.7 Å². The zero-order chi connectivity index (χ0) is 31.4. The van der Waals surface area contributed by atoms with Gasteiger partial charge in [-0.3, -0.25) is 4.79 Å². The first-order valence-electron chi connectivity index (χ1n) is 15.0. The van der Waals surface area contributed by atoms with E-state index in [1.54, 1.807) is 17.0 Å². The number of benzene rings is 3. The van der Waals surface area contributed by atoms with E-state index in [4.69, 9.17) is 0 Å². The molecule has 5 rings (SSSR count). The fraction of sp³-hybridized carbons (Fsp3) is 0.353. The number of anilines is 1. The maximum atomic E-state index is 14.1. The molecule has 0 unspecified atom stereocenters. The van der Waals surface area contributed by atoms with Gasteiger partial charge in [-0.15, -0.1) is 0 Å². The average molecular weight is 616 g/mol. The van der Waals surface area contributed by atoms with Crippen LogP contribution in [0.2, 0.25) is 0 Å². The molecule has 0 bridgehead atoms. The van der Waals surface area contributed by atoms with Crippen molar-refractivity contribution in [3.8, 4) is 0 Å². The average Bonchev–Trinajstić information content (AvgIpc) is 3.43. The number of H-pyrrole nitrogens is 1. The van der Waals surface area contributed by atoms with Crippen molar-refractivity contribution in [2.45, 2.75) is 49.1 Å². The first-order valence-corrected chi connectivity index (χ1v) is 16.9. The molecule has 2 atom stereocenters. The van der Waals surface area contributed by atoms with Crippen molar-refractivity contribution in [3.63, 3.8) is 0 Å². The zero-order valence-corrected chi connectivity index (χ0v) is 26.5. The predicted octanol–water partition coefficient (Wildman–Crippen LogP) is 5.33. The summed E-state index contributed by atoms with van der Waals surface area (Å²) in [5.74, 6) is -0.529. The molecular formula is C34H41N5O4S. The Balaban J connectivity index is 1.42. The number of fused-ring (bicyclic) bond motifs is 1. The molecule has 0 aliphatic carbocycles. The van der Waals surface area contributed by atoms with Crippen LogP contribution in [-0.4, -0.2) is 74.6 Å². The summed E-state index contributed by atoms with van der Waals surface area (Å²) in [7, 11) is 0.193. The number of amides is 3. The molecule has 3 aromatic carbocycles. The summed E-state index contributed by atoms with van der Waals surface area (Å²) < 4.78 is 25.4. The van der Waals surface area contributed by atoms with Gasteiger partial charge in [-0.1, -0.05) is 61.5 Å². The number of aromatic nitrogens is 1. The molecular weight excluding hydrogens is 574 g/mol. The lowest BCUT2D eigenvalue weighted by Gasteiger charge is -2.34. The van der Waals surface area contributed by atoms with Gasteiger partial charge in [0.15, 0.2) is 9.84 Å². The number of carbonyl (C=O) groups excluding carboxylic acids is 2. The van der Waals surface area contributed by atoms with E-state index < -0.39 is 27.7 Å². The fourth-order valence-corrected chi connectivity index (χ4v) is 6.93. The smallest absolute Gasteiger partial charge is 0.318 e. The number of nitrogens with zero attached hydrogens (tertiary/aromatic N) is 2. The summed E-state index contributed by atoms with van der Waals surface area (Å²) in [6.07, 6.45) is 4.66. The molecule has 1 aliphatic rings. The molecule has 0 spiro atoms. The van der Waals surface area contributed by atoms with Crippen LogP contribution < -0.4 is 10.6 Å². The third-order valence-corrected chi connectivity index (χ3v) is 9.58. The molecule has 44 heavy (non-hydrogen) atoms. The molecule has 1 fully saturated rings. The fourth-order valence-electron chi connectivity index (χ4n) is 6.11. The number of hydrogen-bond donors (Lipinski definition) is 3. The van der Waals surface area contributed by atoms with Crippen LogP contribution in [0.5, 0.6) is 0 Å². The second kappa shape index (κ2) is 13.2. The van der Waals surface area contributed by atoms with Gasteiger partial charge in [0.05, 0.1) is 10.6 Å². The number of likely N-dealkylation sites (tertiary alicyclic amines) is 1. The molecule has 10 heteroatoms. The van der Waals surface area contributed by atoms with Crippen LogP contribution in [0.1, 0.15) is 48.3 Å². The van der Waals surface area contributed by atoms with Gasteiger partial charge in [-0.25, -0.2) is 13.2 Å². The minimum absolute atomic E-state index is 0.0289. The van der Waals surface area contributed by atoms with Crippen LogP contribution in [0.4, 0.5) is 10.5 Å². The van der Waals surface area contributed by atoms with Crippen LogP contribution in [0, 0.1) is 0 Å². The van der Waals surface area contributed by atoms with E-state index in [2.05, 4.69) is 27.8 Å². The van der Waals surface area contributed by atoms with E-state index in [0.717, 1.165) is 41.1 Å². The van der Waals surface area contributed by atoms with Gasteiger partial charge in [0.2, 0.25) is 5.91 Å². The van der Waals surface area contributed by atoms with E-state index in [-0.39, 0.29) is 16.6 Å². The number of sulfone groups is 1. The van der Waals surface area contributed by atoms with Gasteiger partial charge in [-0.05, 0) is 67.7 Å². The minimum atomic E-state index is -3.64. The Morgan fingerprint density at radius 3 is 2.36 bits per heavy atom. The highest BCUT2D eigenvalue weighted by Gasteiger charge is 2.33. The molecule has 232 valence electrons. The lowest BCUT2D eigenvalue weighted by molar-refractivity contribution is -0.118. The Bertz CT molecular complexity index is 1730. The monoisotopic (exact) mass is 615 g/mol. The van der Waals surface area contributed by atoms with Crippen molar-refractivity contribution in [2.75, 3.05) is 38.8 Å². The maximum absolute atomic E-state index is 14.1. The SMILES string of the molecule is C[C@@H](c1c[nH]c2ccccc12)[C@@H](NC(=O)N1CCC(c2ccccc2)CC1)C(=O)Nc1cc(CN(C)C)ccc1S(C)(=O)=O. The van der Waals surface area contributed by atoms with Crippen LogP contribution in [0.15, 0.2) is 83.9 Å². The van der Waals surface area contributed by atoms with Gasteiger partial charge < -0.3 is 25.4 Å². The highest BCUT2D eigenvalue weighted by molar-refractivity contribution is 7.90. The quantitative estimate of drug-likeness (QED) is 0.235. The number of nitrogens with one attached hydrogen (secondary N) is 3. The highest BCUT2D eigenvalue weighted by atomic mass is 32.2. The molecule has 9 nitrogen and oxygen atoms in total. The summed E-state index contributed by atoms with van der Waals surface area (Å²) in [5.41, 5.74) is 4.14. The lowest BCUT2D eigenvalue weighted by Crippen LogP contribution is -2.53. The van der Waals surface area contributed by atoms with Crippen molar-refractivity contribution in [1.82, 2.24) is 20.1 Å². The normalized spacial score (nSPS) is 15.7. The van der Waals surface area contributed by atoms with Crippen molar-refractivity contribution >= 4 is 38.4 Å². The number of carbonyl (C=O) groups is 2. The van der Waals surface area contributed by atoms with Crippen LogP contribution in [0.3, 0.4) is 0 Å². The molecule has 3 N–H and O–H groups in total. The Labute approximate surface area is 259 Å². The van der Waals surface area contributed by atoms with Crippen LogP contribution in [0.25, 0.3) is 10.9 Å². The Kier molecular flexibility index (Phi) is 9.41. The largest absolute Gasteiger partial charge is 0.361 e. The molecule has 4 aromatic rings. The van der Waals surface area contributed by atoms with E-state index in [9.17, 15) is 18.0 Å². The number of urea groups is 1. The van der Waals surface area contributed by atoms with Crippen LogP contribution >= 0.6 is 0 Å². The van der Waals surface area contributed by atoms with Crippen molar-refractivity contribution in [2.24, 2.45) is 0 Å². The standard InChI is InChI=1S/C34H41N5O4S/c1-23(28-21-35-29-13-9-8-12-27(28)29)32(37-34(41)39-18-16-26(17-19-39)25-10-6-5-7-11-25)33(40)36-30-20-24(22-38(2)3)14-15-31(30)44(4,42)43/h5-15,20-21,23,26,32,35H,16-19,22H2,1-4H3,(H,36,40)(H,37,41)/t23-,32+/m0/s1. The summed E-state index contributed by atoms with van der Waals surface area (Å²) in [6, 6.07) is 21.8. The molecule has 1 aromatic heterocycles. The predicted molar refractivity (Wildman–Crippen MR) is 175 cm³/mol. The number of rotatable bonds is 9. The van der Waals surface area contributed by atoms with E-state index in [1.807, 2.05) is 74.6 Å². The first kappa shape index (κ1) is 31.3. The highest BCUT2D eigenvalue weighted by Crippen LogP contribution is 2.31. The van der Waals surface area contributed by atoms with E-state index in [1.165, 1.54) is 11.6 Å². The summed E-state index contributed by atoms with van der Waals surface area (Å²) in [6.45, 7) is 3.62. The second-order valence-corrected chi connectivity index (χ2v) is 14.0. The maximum Gasteiger partial charge on any atom is 0.318 e. The van der Waals surface area contributed by atoms with Crippen LogP contribution in [-0.2, 0) is 21.2 Å². The Morgan fingerprint density at radius 1 is 1.00 bits per heavy atom. The van der Waals surface area contributed by atoms with Gasteiger partial charge in [0.25, 0.3) is 0 Å². The molecule has 0 radical (unpaired) electrons. The van der Waals surface area contributed by atoms with Gasteiger partial charge in [0.1, 0.15) is 6.04 Å². The topological polar surface area (TPSA) is 115 Å². The number of piperidine rings is 1. The molecule has 2 heterocycles. The first-order chi connectivity index (χ1) is 21.0. The van der Waals surface area contributed by atoms with Gasteiger partial charge in [0, 0.05) is 48.9 Å². The Morgan fingerprint density at radius 2 is 1.68 bits per heavy atom. The number of para-hydroxylation sites is 1. The second-order valence-electron chi connectivity index (χ2n) is 12.0. The van der Waals surface area contributed by atoms with Crippen molar-refractivity contribution < 1.29 is 18.0 Å². The minimum Gasteiger partial charge on any atom is -0.361 e. The van der Waals surface area contributed by atoms with Crippen molar-refractivity contribution in [1.29, 1.82) is 0 Å². The van der Waals surface area contributed by atoms with Gasteiger partial charge >= 0.3 is 6.03 Å². The summed E-state index contributed by atoms with van der Waals surface area (Å²) in [5, 5.41) is 6.86. The zero-order valence-electron chi connectivity index (χ0n) is 25.7. The van der Waals surface area contributed by atoms with Gasteiger partial charge in [-0.2, -0.15) is 0 Å². The van der Waals surface area contributed by atoms with E-state index >= 15 is 0 Å². The third-order valence-electron chi connectivity index (χ3n) is 8.43. The number of hydrogen-bond acceptors (Lipinski definition) is 5. The number of aromatic amines is 1. The van der Waals surface area contributed by atoms with E-state index in [0.29, 0.717) is 25.6 Å². The molecule has 3 amide bonds. The lowest BCUT2D eigenvalue weighted by atomic mass is 9.89. The summed E-state index contributed by atoms with van der Waals surface area (Å²) >= 11 is 0. The third kappa shape index (κ3) is 7.14. The summed E-state index contributed by atoms with van der Waals surface area (Å²) in [4.78, 5) is 34.8. The molecule has 0 saturated carbocycles. The molecule has 1 saturated heterocycles.